The molecule has 0 aliphatic heterocycles. The maximum atomic E-state index is 11.0. The van der Waals surface area contributed by atoms with Crippen molar-refractivity contribution in [3.63, 3.8) is 0 Å². The van der Waals surface area contributed by atoms with E-state index in [4.69, 9.17) is 4.74 Å². The zero-order valence-corrected chi connectivity index (χ0v) is 8.19. The molecule has 0 aromatic heterocycles. The van der Waals surface area contributed by atoms with Gasteiger partial charge in [-0.3, -0.25) is 0 Å². The first-order valence-electron chi connectivity index (χ1n) is 4.55. The average Bonchev–Trinajstić information content (AvgIpc) is 2.25. The summed E-state index contributed by atoms with van der Waals surface area (Å²) in [4.78, 5) is 11.0. The standard InChI is InChI=1S/C11H14NO2/c1-2-8-12-11(13)14-9-10-6-4-3-5-7-10/h2-7H,8-9H2,1H3,(H,12,13). The van der Waals surface area contributed by atoms with E-state index < -0.39 is 0 Å². The van der Waals surface area contributed by atoms with Crippen LogP contribution in [0.25, 0.3) is 0 Å². The van der Waals surface area contributed by atoms with Crippen molar-refractivity contribution in [3.8, 4) is 0 Å². The first-order chi connectivity index (χ1) is 6.83. The molecule has 0 bridgehead atoms. The van der Waals surface area contributed by atoms with Gasteiger partial charge in [-0.2, -0.15) is 0 Å². The number of amides is 1. The molecule has 1 aromatic rings. The van der Waals surface area contributed by atoms with E-state index in [9.17, 15) is 4.79 Å². The predicted molar refractivity (Wildman–Crippen MR) is 54.6 cm³/mol. The molecule has 0 aliphatic carbocycles. The van der Waals surface area contributed by atoms with Gasteiger partial charge in [-0.05, 0) is 12.0 Å². The quantitative estimate of drug-likeness (QED) is 0.793. The first-order valence-corrected chi connectivity index (χ1v) is 4.55. The van der Waals surface area contributed by atoms with Crippen molar-refractivity contribution < 1.29 is 9.53 Å². The molecular weight excluding hydrogens is 178 g/mol. The van der Waals surface area contributed by atoms with Gasteiger partial charge >= 0.3 is 6.09 Å². The molecular formula is C11H14NO2. The van der Waals surface area contributed by atoms with Crippen LogP contribution in [0.5, 0.6) is 0 Å². The fourth-order valence-corrected chi connectivity index (χ4v) is 0.960. The Balaban J connectivity index is 2.24. The largest absolute Gasteiger partial charge is 0.445 e. The predicted octanol–water partition coefficient (Wildman–Crippen LogP) is 2.14. The number of nitrogens with one attached hydrogen (secondary N) is 1. The Morgan fingerprint density at radius 1 is 1.43 bits per heavy atom. The van der Waals surface area contributed by atoms with Crippen LogP contribution in [-0.4, -0.2) is 12.6 Å². The SMILES string of the molecule is C[CH]CNC(=O)OCc1ccccc1. The number of carbonyl (C=O) groups excluding carboxylic acids is 1. The first kappa shape index (κ1) is 10.6. The number of benzene rings is 1. The Labute approximate surface area is 84.1 Å². The zero-order chi connectivity index (χ0) is 10.2. The Bertz CT molecular complexity index is 272. The number of hydrogen-bond donors (Lipinski definition) is 1. The summed E-state index contributed by atoms with van der Waals surface area (Å²) in [6, 6.07) is 9.58. The molecule has 14 heavy (non-hydrogen) atoms. The molecule has 0 saturated heterocycles. The van der Waals surface area contributed by atoms with E-state index in [1.54, 1.807) is 0 Å². The molecule has 0 atom stereocenters. The van der Waals surface area contributed by atoms with Crippen LogP contribution in [0.4, 0.5) is 4.79 Å². The van der Waals surface area contributed by atoms with E-state index in [0.29, 0.717) is 13.2 Å². The maximum Gasteiger partial charge on any atom is 0.407 e. The molecule has 0 saturated carbocycles. The van der Waals surface area contributed by atoms with Crippen LogP contribution < -0.4 is 5.32 Å². The summed E-state index contributed by atoms with van der Waals surface area (Å²) >= 11 is 0. The maximum absolute atomic E-state index is 11.0. The van der Waals surface area contributed by atoms with Gasteiger partial charge in [0.05, 0.1) is 0 Å². The summed E-state index contributed by atoms with van der Waals surface area (Å²) in [7, 11) is 0. The lowest BCUT2D eigenvalue weighted by atomic mass is 10.2. The molecule has 1 rings (SSSR count). The number of hydrogen-bond acceptors (Lipinski definition) is 2. The van der Waals surface area contributed by atoms with E-state index >= 15 is 0 Å². The Hall–Kier alpha value is -1.51. The number of rotatable bonds is 4. The van der Waals surface area contributed by atoms with Gasteiger partial charge in [-0.15, -0.1) is 0 Å². The molecule has 0 fully saturated rings. The van der Waals surface area contributed by atoms with Crippen LogP contribution in [0.15, 0.2) is 30.3 Å². The number of carbonyl (C=O) groups is 1. The van der Waals surface area contributed by atoms with Crippen molar-refractivity contribution in [1.29, 1.82) is 0 Å². The minimum atomic E-state index is -0.382. The molecule has 1 radical (unpaired) electrons. The normalized spacial score (nSPS) is 9.50. The van der Waals surface area contributed by atoms with Crippen LogP contribution in [0, 0.1) is 6.42 Å². The third-order valence-electron chi connectivity index (χ3n) is 1.66. The molecule has 3 nitrogen and oxygen atoms in total. The number of alkyl carbamates (subject to hydrolysis) is 1. The van der Waals surface area contributed by atoms with Crippen LogP contribution in [0.1, 0.15) is 12.5 Å². The molecule has 0 unspecified atom stereocenters. The summed E-state index contributed by atoms with van der Waals surface area (Å²) in [5.74, 6) is 0. The second kappa shape index (κ2) is 6.02. The van der Waals surface area contributed by atoms with Gasteiger partial charge in [0.15, 0.2) is 0 Å². The summed E-state index contributed by atoms with van der Waals surface area (Å²) in [6.07, 6.45) is 1.47. The van der Waals surface area contributed by atoms with Gasteiger partial charge in [0, 0.05) is 6.54 Å². The van der Waals surface area contributed by atoms with Gasteiger partial charge < -0.3 is 10.1 Å². The highest BCUT2D eigenvalue weighted by atomic mass is 16.5. The Morgan fingerprint density at radius 3 is 2.79 bits per heavy atom. The smallest absolute Gasteiger partial charge is 0.407 e. The van der Waals surface area contributed by atoms with Gasteiger partial charge in [-0.25, -0.2) is 4.79 Å². The van der Waals surface area contributed by atoms with E-state index in [1.165, 1.54) is 0 Å². The van der Waals surface area contributed by atoms with Crippen molar-refractivity contribution in [3.05, 3.63) is 42.3 Å². The van der Waals surface area contributed by atoms with E-state index in [1.807, 2.05) is 43.7 Å². The van der Waals surface area contributed by atoms with E-state index in [-0.39, 0.29) is 6.09 Å². The molecule has 75 valence electrons. The van der Waals surface area contributed by atoms with Gasteiger partial charge in [0.2, 0.25) is 0 Å². The molecule has 0 spiro atoms. The second-order valence-corrected chi connectivity index (χ2v) is 2.85. The summed E-state index contributed by atoms with van der Waals surface area (Å²) in [5, 5.41) is 2.59. The molecule has 3 heteroatoms. The lowest BCUT2D eigenvalue weighted by Gasteiger charge is -2.05. The monoisotopic (exact) mass is 192 g/mol. The van der Waals surface area contributed by atoms with Gasteiger partial charge in [0.1, 0.15) is 6.61 Å². The van der Waals surface area contributed by atoms with Crippen molar-refractivity contribution in [2.24, 2.45) is 0 Å². The van der Waals surface area contributed by atoms with Crippen LogP contribution >= 0.6 is 0 Å². The molecule has 1 aromatic carbocycles. The molecule has 1 amide bonds. The van der Waals surface area contributed by atoms with Crippen molar-refractivity contribution >= 4 is 6.09 Å². The highest BCUT2D eigenvalue weighted by molar-refractivity contribution is 5.67. The van der Waals surface area contributed by atoms with Crippen molar-refractivity contribution in [1.82, 2.24) is 5.32 Å². The van der Waals surface area contributed by atoms with Crippen molar-refractivity contribution in [2.75, 3.05) is 6.54 Å². The minimum absolute atomic E-state index is 0.316. The topological polar surface area (TPSA) is 38.3 Å². The van der Waals surface area contributed by atoms with Crippen LogP contribution in [-0.2, 0) is 11.3 Å². The Kier molecular flexibility index (Phi) is 4.55. The fraction of sp³-hybridized carbons (Fsp3) is 0.273. The van der Waals surface area contributed by atoms with E-state index in [0.717, 1.165) is 5.56 Å². The molecule has 1 N–H and O–H groups in total. The summed E-state index contributed by atoms with van der Waals surface area (Å²) < 4.78 is 4.96. The van der Waals surface area contributed by atoms with Gasteiger partial charge in [-0.1, -0.05) is 37.3 Å². The summed E-state index contributed by atoms with van der Waals surface area (Å²) in [6.45, 7) is 2.72. The minimum Gasteiger partial charge on any atom is -0.445 e. The number of ether oxygens (including phenoxy) is 1. The molecule has 0 aliphatic rings. The zero-order valence-electron chi connectivity index (χ0n) is 8.19. The van der Waals surface area contributed by atoms with Crippen LogP contribution in [0.2, 0.25) is 0 Å². The lowest BCUT2D eigenvalue weighted by Crippen LogP contribution is -2.24. The van der Waals surface area contributed by atoms with Gasteiger partial charge in [0.25, 0.3) is 0 Å². The third-order valence-corrected chi connectivity index (χ3v) is 1.66. The highest BCUT2D eigenvalue weighted by Crippen LogP contribution is 2.00. The average molecular weight is 192 g/mol. The van der Waals surface area contributed by atoms with Crippen LogP contribution in [0.3, 0.4) is 0 Å². The second-order valence-electron chi connectivity index (χ2n) is 2.85. The molecule has 0 heterocycles. The van der Waals surface area contributed by atoms with E-state index in [2.05, 4.69) is 5.32 Å². The van der Waals surface area contributed by atoms with Crippen molar-refractivity contribution in [2.45, 2.75) is 13.5 Å². The Morgan fingerprint density at radius 2 is 2.14 bits per heavy atom. The lowest BCUT2D eigenvalue weighted by molar-refractivity contribution is 0.140. The summed E-state index contributed by atoms with van der Waals surface area (Å²) in [5.41, 5.74) is 0.989. The fourth-order valence-electron chi connectivity index (χ4n) is 0.960. The highest BCUT2D eigenvalue weighted by Gasteiger charge is 1.99. The third kappa shape index (κ3) is 3.94.